The zero-order chi connectivity index (χ0) is 9.14. The standard InChI is InChI=1S/C10H8Br2/c1-3-7(2)9-6-8(11)4-5-10(9)12/h1,4-7H,2H3. The smallest absolute Gasteiger partial charge is 0.0433 e. The molecule has 0 N–H and O–H groups in total. The molecular formula is C10H8Br2. The van der Waals surface area contributed by atoms with Gasteiger partial charge in [0.1, 0.15) is 0 Å². The largest absolute Gasteiger partial charge is 0.119 e. The molecule has 1 atom stereocenters. The van der Waals surface area contributed by atoms with E-state index < -0.39 is 0 Å². The normalized spacial score (nSPS) is 12.2. The fourth-order valence-corrected chi connectivity index (χ4v) is 1.91. The molecule has 0 nitrogen and oxygen atoms in total. The number of hydrogen-bond acceptors (Lipinski definition) is 0. The van der Waals surface area contributed by atoms with E-state index in [-0.39, 0.29) is 5.92 Å². The Morgan fingerprint density at radius 1 is 1.42 bits per heavy atom. The summed E-state index contributed by atoms with van der Waals surface area (Å²) in [5.74, 6) is 2.85. The van der Waals surface area contributed by atoms with Crippen LogP contribution in [0.1, 0.15) is 18.4 Å². The fourth-order valence-electron chi connectivity index (χ4n) is 0.936. The molecule has 1 aromatic carbocycles. The summed E-state index contributed by atoms with van der Waals surface area (Å²) >= 11 is 6.86. The maximum absolute atomic E-state index is 5.34. The van der Waals surface area contributed by atoms with Gasteiger partial charge in [-0.2, -0.15) is 0 Å². The Bertz CT molecular complexity index is 323. The number of rotatable bonds is 1. The molecule has 62 valence electrons. The number of hydrogen-bond donors (Lipinski definition) is 0. The first-order valence-electron chi connectivity index (χ1n) is 3.56. The number of terminal acetylenes is 1. The van der Waals surface area contributed by atoms with Crippen LogP contribution in [0.15, 0.2) is 27.1 Å². The lowest BCUT2D eigenvalue weighted by Gasteiger charge is -2.07. The van der Waals surface area contributed by atoms with Crippen LogP contribution in [0.2, 0.25) is 0 Å². The van der Waals surface area contributed by atoms with Crippen LogP contribution in [0.3, 0.4) is 0 Å². The molecule has 0 radical (unpaired) electrons. The van der Waals surface area contributed by atoms with Gasteiger partial charge in [0, 0.05) is 14.9 Å². The zero-order valence-electron chi connectivity index (χ0n) is 6.64. The molecule has 0 saturated heterocycles. The van der Waals surface area contributed by atoms with Gasteiger partial charge >= 0.3 is 0 Å². The zero-order valence-corrected chi connectivity index (χ0v) is 9.81. The van der Waals surface area contributed by atoms with Crippen molar-refractivity contribution in [2.75, 3.05) is 0 Å². The fraction of sp³-hybridized carbons (Fsp3) is 0.200. The Morgan fingerprint density at radius 3 is 2.67 bits per heavy atom. The number of halogens is 2. The maximum Gasteiger partial charge on any atom is 0.0433 e. The summed E-state index contributed by atoms with van der Waals surface area (Å²) in [4.78, 5) is 0. The molecule has 0 saturated carbocycles. The Morgan fingerprint density at radius 2 is 2.08 bits per heavy atom. The minimum absolute atomic E-state index is 0.150. The summed E-state index contributed by atoms with van der Waals surface area (Å²) in [7, 11) is 0. The van der Waals surface area contributed by atoms with Crippen LogP contribution >= 0.6 is 31.9 Å². The van der Waals surface area contributed by atoms with Crippen molar-refractivity contribution in [2.24, 2.45) is 0 Å². The van der Waals surface area contributed by atoms with Gasteiger partial charge in [-0.05, 0) is 30.7 Å². The Balaban J connectivity index is 3.15. The average molecular weight is 288 g/mol. The highest BCUT2D eigenvalue weighted by atomic mass is 79.9. The third-order valence-corrected chi connectivity index (χ3v) is 2.89. The molecule has 12 heavy (non-hydrogen) atoms. The topological polar surface area (TPSA) is 0 Å². The van der Waals surface area contributed by atoms with Crippen molar-refractivity contribution in [1.29, 1.82) is 0 Å². The van der Waals surface area contributed by atoms with Gasteiger partial charge in [0.15, 0.2) is 0 Å². The first kappa shape index (κ1) is 9.83. The molecule has 0 fully saturated rings. The summed E-state index contributed by atoms with van der Waals surface area (Å²) in [5, 5.41) is 0. The van der Waals surface area contributed by atoms with Gasteiger partial charge in [-0.25, -0.2) is 0 Å². The summed E-state index contributed by atoms with van der Waals surface area (Å²) in [6.45, 7) is 2.01. The molecule has 0 amide bonds. The van der Waals surface area contributed by atoms with E-state index in [0.717, 1.165) is 14.5 Å². The molecule has 1 aromatic rings. The lowest BCUT2D eigenvalue weighted by Crippen LogP contribution is -1.90. The highest BCUT2D eigenvalue weighted by Gasteiger charge is 2.06. The second kappa shape index (κ2) is 4.11. The lowest BCUT2D eigenvalue weighted by molar-refractivity contribution is 0.995. The lowest BCUT2D eigenvalue weighted by atomic mass is 10.0. The van der Waals surface area contributed by atoms with E-state index in [1.807, 2.05) is 25.1 Å². The summed E-state index contributed by atoms with van der Waals surface area (Å²) in [5.41, 5.74) is 1.15. The molecular weight excluding hydrogens is 280 g/mol. The van der Waals surface area contributed by atoms with Crippen LogP contribution in [-0.4, -0.2) is 0 Å². The predicted molar refractivity (Wildman–Crippen MR) is 59.1 cm³/mol. The highest BCUT2D eigenvalue weighted by molar-refractivity contribution is 9.11. The van der Waals surface area contributed by atoms with Crippen molar-refractivity contribution in [3.8, 4) is 12.3 Å². The van der Waals surface area contributed by atoms with Crippen molar-refractivity contribution in [3.05, 3.63) is 32.7 Å². The van der Waals surface area contributed by atoms with E-state index in [9.17, 15) is 0 Å². The van der Waals surface area contributed by atoms with Gasteiger partial charge in [0.05, 0.1) is 0 Å². The summed E-state index contributed by atoms with van der Waals surface area (Å²) in [6.07, 6.45) is 5.34. The summed E-state index contributed by atoms with van der Waals surface area (Å²) < 4.78 is 2.12. The first-order chi connectivity index (χ1) is 5.65. The van der Waals surface area contributed by atoms with Crippen LogP contribution in [-0.2, 0) is 0 Å². The molecule has 0 spiro atoms. The van der Waals surface area contributed by atoms with Gasteiger partial charge in [0.25, 0.3) is 0 Å². The minimum atomic E-state index is 0.150. The van der Waals surface area contributed by atoms with E-state index in [2.05, 4.69) is 37.8 Å². The van der Waals surface area contributed by atoms with Crippen LogP contribution in [0.25, 0.3) is 0 Å². The third-order valence-electron chi connectivity index (χ3n) is 1.67. The van der Waals surface area contributed by atoms with Crippen LogP contribution in [0.5, 0.6) is 0 Å². The molecule has 2 heteroatoms. The molecule has 0 aliphatic rings. The van der Waals surface area contributed by atoms with E-state index in [0.29, 0.717) is 0 Å². The van der Waals surface area contributed by atoms with Gasteiger partial charge in [-0.3, -0.25) is 0 Å². The van der Waals surface area contributed by atoms with E-state index in [4.69, 9.17) is 6.42 Å². The van der Waals surface area contributed by atoms with Crippen molar-refractivity contribution >= 4 is 31.9 Å². The van der Waals surface area contributed by atoms with E-state index >= 15 is 0 Å². The second-order valence-corrected chi connectivity index (χ2v) is 4.32. The molecule has 1 rings (SSSR count). The van der Waals surface area contributed by atoms with Crippen LogP contribution < -0.4 is 0 Å². The van der Waals surface area contributed by atoms with Crippen LogP contribution in [0, 0.1) is 12.3 Å². The summed E-state index contributed by atoms with van der Waals surface area (Å²) in [6, 6.07) is 6.01. The Hall–Kier alpha value is -0.260. The first-order valence-corrected chi connectivity index (χ1v) is 5.15. The number of benzene rings is 1. The molecule has 0 aliphatic heterocycles. The van der Waals surface area contributed by atoms with E-state index in [1.165, 1.54) is 0 Å². The van der Waals surface area contributed by atoms with Gasteiger partial charge in [0.2, 0.25) is 0 Å². The molecule has 0 heterocycles. The van der Waals surface area contributed by atoms with Gasteiger partial charge in [-0.1, -0.05) is 37.8 Å². The minimum Gasteiger partial charge on any atom is -0.119 e. The monoisotopic (exact) mass is 286 g/mol. The molecule has 0 aliphatic carbocycles. The van der Waals surface area contributed by atoms with Crippen LogP contribution in [0.4, 0.5) is 0 Å². The van der Waals surface area contributed by atoms with E-state index in [1.54, 1.807) is 0 Å². The second-order valence-electron chi connectivity index (χ2n) is 2.55. The van der Waals surface area contributed by atoms with Crippen molar-refractivity contribution in [2.45, 2.75) is 12.8 Å². The Labute approximate surface area is 89.6 Å². The quantitative estimate of drug-likeness (QED) is 0.686. The van der Waals surface area contributed by atoms with Gasteiger partial charge in [-0.15, -0.1) is 6.42 Å². The highest BCUT2D eigenvalue weighted by Crippen LogP contribution is 2.27. The predicted octanol–water partition coefficient (Wildman–Crippen LogP) is 3.95. The average Bonchev–Trinajstić information content (AvgIpc) is 2.08. The van der Waals surface area contributed by atoms with Gasteiger partial charge < -0.3 is 0 Å². The SMILES string of the molecule is C#CC(C)c1cc(Br)ccc1Br. The Kier molecular flexibility index (Phi) is 3.37. The molecule has 0 bridgehead atoms. The molecule has 1 unspecified atom stereocenters. The third kappa shape index (κ3) is 2.12. The molecule has 0 aromatic heterocycles. The van der Waals surface area contributed by atoms with Crippen molar-refractivity contribution < 1.29 is 0 Å². The maximum atomic E-state index is 5.34. The van der Waals surface area contributed by atoms with Crippen molar-refractivity contribution in [3.63, 3.8) is 0 Å². The van der Waals surface area contributed by atoms with Crippen molar-refractivity contribution in [1.82, 2.24) is 0 Å².